The summed E-state index contributed by atoms with van der Waals surface area (Å²) in [6.07, 6.45) is 0. The monoisotopic (exact) mass is 311 g/mol. The molecule has 0 saturated carbocycles. The summed E-state index contributed by atoms with van der Waals surface area (Å²) in [5.74, 6) is -0.353. The lowest BCUT2D eigenvalue weighted by molar-refractivity contribution is 0.563. The van der Waals surface area contributed by atoms with Crippen LogP contribution in [0.3, 0.4) is 0 Å². The van der Waals surface area contributed by atoms with Crippen LogP contribution in [0.1, 0.15) is 35.5 Å². The Morgan fingerprint density at radius 2 is 1.95 bits per heavy atom. The number of nitrogens with zero attached hydrogens (tertiary/aromatic N) is 1. The Balaban J connectivity index is 2.30. The first kappa shape index (κ1) is 15.7. The van der Waals surface area contributed by atoms with Gasteiger partial charge in [0.25, 0.3) is 0 Å². The van der Waals surface area contributed by atoms with Crippen molar-refractivity contribution in [1.29, 1.82) is 0 Å². The normalized spacial score (nSPS) is 13.4. The van der Waals surface area contributed by atoms with E-state index in [-0.39, 0.29) is 10.7 Å². The number of aromatic nitrogens is 2. The van der Waals surface area contributed by atoms with Crippen LogP contribution in [0.5, 0.6) is 0 Å². The molecule has 5 nitrogen and oxygen atoms in total. The van der Waals surface area contributed by atoms with Crippen LogP contribution in [-0.4, -0.2) is 18.6 Å². The van der Waals surface area contributed by atoms with Crippen molar-refractivity contribution in [3.8, 4) is 0 Å². The maximum Gasteiger partial charge on any atom is 0.244 e. The molecule has 7 heteroatoms. The Morgan fingerprint density at radius 3 is 2.48 bits per heavy atom. The van der Waals surface area contributed by atoms with Gasteiger partial charge in [-0.3, -0.25) is 5.10 Å². The van der Waals surface area contributed by atoms with E-state index < -0.39 is 16.1 Å². The Labute approximate surface area is 123 Å². The molecule has 0 aliphatic rings. The molecule has 2 aromatic rings. The van der Waals surface area contributed by atoms with Gasteiger partial charge < -0.3 is 0 Å². The lowest BCUT2D eigenvalue weighted by atomic mass is 10.1. The number of benzene rings is 1. The summed E-state index contributed by atoms with van der Waals surface area (Å²) in [4.78, 5) is 0.141. The number of aryl methyl sites for hydroxylation is 3. The predicted octanol–water partition coefficient (Wildman–Crippen LogP) is 2.51. The molecule has 1 atom stereocenters. The second-order valence-electron chi connectivity index (χ2n) is 5.11. The molecule has 0 fully saturated rings. The lowest BCUT2D eigenvalue weighted by Gasteiger charge is -2.15. The molecule has 0 spiro atoms. The van der Waals surface area contributed by atoms with Crippen LogP contribution in [0.15, 0.2) is 23.1 Å². The zero-order valence-corrected chi connectivity index (χ0v) is 13.2. The van der Waals surface area contributed by atoms with E-state index in [0.29, 0.717) is 22.5 Å². The molecule has 0 bridgehead atoms. The van der Waals surface area contributed by atoms with E-state index in [1.165, 1.54) is 6.07 Å². The topological polar surface area (TPSA) is 74.8 Å². The van der Waals surface area contributed by atoms with E-state index in [4.69, 9.17) is 0 Å². The standard InChI is InChI=1S/C14H18FN3O2S/c1-8-5-6-12(7-13(8)15)9(2)18-21(19,20)14-10(3)16-17-11(14)4/h5-7,9,18H,1-4H3,(H,16,17). The maximum absolute atomic E-state index is 13.6. The fourth-order valence-corrected chi connectivity index (χ4v) is 3.78. The van der Waals surface area contributed by atoms with Gasteiger partial charge in [0.15, 0.2) is 0 Å². The molecule has 2 N–H and O–H groups in total. The first-order chi connectivity index (χ1) is 9.72. The van der Waals surface area contributed by atoms with E-state index in [2.05, 4.69) is 14.9 Å². The Kier molecular flexibility index (Phi) is 4.15. The highest BCUT2D eigenvalue weighted by atomic mass is 32.2. The minimum absolute atomic E-state index is 0.141. The van der Waals surface area contributed by atoms with Gasteiger partial charge in [-0.25, -0.2) is 17.5 Å². The summed E-state index contributed by atoms with van der Waals surface area (Å²) >= 11 is 0. The van der Waals surface area contributed by atoms with Crippen molar-refractivity contribution < 1.29 is 12.8 Å². The summed E-state index contributed by atoms with van der Waals surface area (Å²) < 4.78 is 40.9. The molecule has 0 aliphatic carbocycles. The Morgan fingerprint density at radius 1 is 1.29 bits per heavy atom. The van der Waals surface area contributed by atoms with Gasteiger partial charge in [-0.05, 0) is 44.9 Å². The quantitative estimate of drug-likeness (QED) is 0.911. The van der Waals surface area contributed by atoms with Crippen LogP contribution in [0, 0.1) is 26.6 Å². The Hall–Kier alpha value is -1.73. The fourth-order valence-electron chi connectivity index (χ4n) is 2.17. The molecule has 114 valence electrons. The van der Waals surface area contributed by atoms with Crippen molar-refractivity contribution in [2.45, 2.75) is 38.6 Å². The number of hydrogen-bond acceptors (Lipinski definition) is 3. The molecule has 1 aromatic carbocycles. The summed E-state index contributed by atoms with van der Waals surface area (Å²) in [6, 6.07) is 4.14. The van der Waals surface area contributed by atoms with Crippen molar-refractivity contribution in [2.75, 3.05) is 0 Å². The first-order valence-corrected chi connectivity index (χ1v) is 8.00. The third-order valence-corrected chi connectivity index (χ3v) is 5.16. The van der Waals surface area contributed by atoms with Gasteiger partial charge in [0.2, 0.25) is 10.0 Å². The highest BCUT2D eigenvalue weighted by molar-refractivity contribution is 7.89. The van der Waals surface area contributed by atoms with Crippen LogP contribution < -0.4 is 4.72 Å². The van der Waals surface area contributed by atoms with E-state index in [1.54, 1.807) is 39.8 Å². The summed E-state index contributed by atoms with van der Waals surface area (Å²) in [7, 11) is -3.71. The highest BCUT2D eigenvalue weighted by Crippen LogP contribution is 2.21. The van der Waals surface area contributed by atoms with Crippen molar-refractivity contribution >= 4 is 10.0 Å². The van der Waals surface area contributed by atoms with Gasteiger partial charge in [-0.15, -0.1) is 0 Å². The molecule has 1 unspecified atom stereocenters. The van der Waals surface area contributed by atoms with Gasteiger partial charge in [-0.2, -0.15) is 5.10 Å². The van der Waals surface area contributed by atoms with E-state index in [0.717, 1.165) is 0 Å². The minimum Gasteiger partial charge on any atom is -0.281 e. The smallest absolute Gasteiger partial charge is 0.244 e. The number of halogens is 1. The molecule has 0 aliphatic heterocycles. The van der Waals surface area contributed by atoms with Crippen LogP contribution in [0.4, 0.5) is 4.39 Å². The van der Waals surface area contributed by atoms with Gasteiger partial charge in [-0.1, -0.05) is 12.1 Å². The summed E-state index contributed by atoms with van der Waals surface area (Å²) in [5, 5.41) is 6.53. The second kappa shape index (κ2) is 5.57. The number of aromatic amines is 1. The molecule has 1 aromatic heterocycles. The predicted molar refractivity (Wildman–Crippen MR) is 77.9 cm³/mol. The minimum atomic E-state index is -3.71. The molecule has 21 heavy (non-hydrogen) atoms. The van der Waals surface area contributed by atoms with Crippen molar-refractivity contribution in [3.63, 3.8) is 0 Å². The third kappa shape index (κ3) is 3.14. The molecule has 0 saturated heterocycles. The highest BCUT2D eigenvalue weighted by Gasteiger charge is 2.24. The van der Waals surface area contributed by atoms with Crippen LogP contribution >= 0.6 is 0 Å². The van der Waals surface area contributed by atoms with Gasteiger partial charge in [0.05, 0.1) is 11.4 Å². The zero-order valence-electron chi connectivity index (χ0n) is 12.4. The molecule has 0 amide bonds. The molecule has 0 radical (unpaired) electrons. The maximum atomic E-state index is 13.6. The molecular weight excluding hydrogens is 293 g/mol. The Bertz CT molecular complexity index is 749. The second-order valence-corrected chi connectivity index (χ2v) is 6.77. The van der Waals surface area contributed by atoms with Crippen LogP contribution in [0.25, 0.3) is 0 Å². The van der Waals surface area contributed by atoms with Crippen molar-refractivity contribution in [2.24, 2.45) is 0 Å². The fraction of sp³-hybridized carbons (Fsp3) is 0.357. The number of hydrogen-bond donors (Lipinski definition) is 2. The SMILES string of the molecule is Cc1ccc(C(C)NS(=O)(=O)c2c(C)n[nH]c2C)cc1F. The van der Waals surface area contributed by atoms with Gasteiger partial charge in [0.1, 0.15) is 10.7 Å². The lowest BCUT2D eigenvalue weighted by Crippen LogP contribution is -2.27. The number of rotatable bonds is 4. The summed E-state index contributed by atoms with van der Waals surface area (Å²) in [5.41, 5.74) is 1.97. The van der Waals surface area contributed by atoms with E-state index >= 15 is 0 Å². The van der Waals surface area contributed by atoms with E-state index in [9.17, 15) is 12.8 Å². The molecule has 2 rings (SSSR count). The zero-order chi connectivity index (χ0) is 15.8. The number of nitrogens with one attached hydrogen (secondary N) is 2. The average Bonchev–Trinajstić information content (AvgIpc) is 2.72. The molecular formula is C14H18FN3O2S. The van der Waals surface area contributed by atoms with Gasteiger partial charge >= 0.3 is 0 Å². The largest absolute Gasteiger partial charge is 0.281 e. The number of sulfonamides is 1. The molecule has 1 heterocycles. The van der Waals surface area contributed by atoms with Crippen LogP contribution in [0.2, 0.25) is 0 Å². The summed E-state index contributed by atoms with van der Waals surface area (Å²) in [6.45, 7) is 6.59. The third-order valence-electron chi connectivity index (χ3n) is 3.36. The van der Waals surface area contributed by atoms with Crippen LogP contribution in [-0.2, 0) is 10.0 Å². The van der Waals surface area contributed by atoms with Gasteiger partial charge in [0, 0.05) is 6.04 Å². The van der Waals surface area contributed by atoms with Crippen molar-refractivity contribution in [3.05, 3.63) is 46.5 Å². The average molecular weight is 311 g/mol. The first-order valence-electron chi connectivity index (χ1n) is 6.52. The van der Waals surface area contributed by atoms with Crippen molar-refractivity contribution in [1.82, 2.24) is 14.9 Å². The number of H-pyrrole nitrogens is 1. The van der Waals surface area contributed by atoms with E-state index in [1.807, 2.05) is 0 Å².